The van der Waals surface area contributed by atoms with E-state index in [2.05, 4.69) is 9.88 Å². The van der Waals surface area contributed by atoms with Gasteiger partial charge >= 0.3 is 12.1 Å². The van der Waals surface area contributed by atoms with E-state index >= 15 is 0 Å². The van der Waals surface area contributed by atoms with E-state index in [0.29, 0.717) is 62.0 Å². The van der Waals surface area contributed by atoms with Crippen LogP contribution in [-0.4, -0.2) is 80.9 Å². The summed E-state index contributed by atoms with van der Waals surface area (Å²) in [6.45, 7) is 5.61. The molecule has 4 heterocycles. The highest BCUT2D eigenvalue weighted by Crippen LogP contribution is 2.46. The number of carboxylic acids is 1. The number of methoxy groups -OCH3 is 2. The van der Waals surface area contributed by atoms with Gasteiger partial charge in [0, 0.05) is 48.4 Å². The van der Waals surface area contributed by atoms with E-state index < -0.39 is 28.8 Å². The van der Waals surface area contributed by atoms with Gasteiger partial charge in [0.05, 0.1) is 41.8 Å². The molecule has 2 saturated heterocycles. The third-order valence-corrected chi connectivity index (χ3v) is 12.0. The number of piperidine rings is 1. The average molecular weight is 779 g/mol. The van der Waals surface area contributed by atoms with E-state index in [4.69, 9.17) is 26.1 Å². The number of aromatic nitrogens is 2. The first-order chi connectivity index (χ1) is 26.1. The van der Waals surface area contributed by atoms with Crippen molar-refractivity contribution in [1.29, 1.82) is 0 Å². The van der Waals surface area contributed by atoms with Crippen LogP contribution in [0.1, 0.15) is 79.0 Å². The van der Waals surface area contributed by atoms with Gasteiger partial charge < -0.3 is 19.7 Å². The molecule has 2 atom stereocenters. The lowest BCUT2D eigenvalue weighted by Gasteiger charge is -2.44. The number of halogens is 4. The zero-order valence-electron chi connectivity index (χ0n) is 31.5. The summed E-state index contributed by atoms with van der Waals surface area (Å²) in [5, 5.41) is 20.6. The lowest BCUT2D eigenvalue weighted by molar-refractivity contribution is -0.153. The monoisotopic (exact) mass is 778 g/mol. The van der Waals surface area contributed by atoms with Crippen molar-refractivity contribution in [3.8, 4) is 34.1 Å². The van der Waals surface area contributed by atoms with Crippen molar-refractivity contribution in [2.75, 3.05) is 33.9 Å². The first-order valence-electron chi connectivity index (χ1n) is 18.6. The zero-order valence-corrected chi connectivity index (χ0v) is 32.2. The van der Waals surface area contributed by atoms with Crippen LogP contribution >= 0.6 is 11.6 Å². The summed E-state index contributed by atoms with van der Waals surface area (Å²) in [6, 6.07) is 16.6. The summed E-state index contributed by atoms with van der Waals surface area (Å²) in [5.41, 5.74) is 3.38. The molecule has 2 aromatic heterocycles. The van der Waals surface area contributed by atoms with E-state index in [0.717, 1.165) is 52.3 Å². The van der Waals surface area contributed by atoms with Gasteiger partial charge in [0.2, 0.25) is 11.8 Å². The van der Waals surface area contributed by atoms with E-state index in [1.165, 1.54) is 7.11 Å². The van der Waals surface area contributed by atoms with Crippen molar-refractivity contribution in [2.45, 2.75) is 88.7 Å². The fourth-order valence-corrected chi connectivity index (χ4v) is 9.03. The molecule has 0 spiro atoms. The van der Waals surface area contributed by atoms with Gasteiger partial charge in [-0.15, -0.1) is 0 Å². The number of ether oxygens (including phenoxy) is 2. The summed E-state index contributed by atoms with van der Waals surface area (Å²) in [6.07, 6.45) is -1.45. The van der Waals surface area contributed by atoms with Crippen LogP contribution < -0.4 is 9.47 Å². The maximum Gasteiger partial charge on any atom is 0.418 e. The molecule has 0 unspecified atom stereocenters. The smallest absolute Gasteiger partial charge is 0.418 e. The molecule has 3 aliphatic rings. The first kappa shape index (κ1) is 39.0. The molecule has 0 bridgehead atoms. The molecule has 292 valence electrons. The van der Waals surface area contributed by atoms with Crippen molar-refractivity contribution < 1.29 is 37.7 Å². The second-order valence-electron chi connectivity index (χ2n) is 15.6. The number of rotatable bonds is 11. The topological polar surface area (TPSA) is 108 Å². The van der Waals surface area contributed by atoms with E-state index in [-0.39, 0.29) is 36.0 Å². The first-order valence-corrected chi connectivity index (χ1v) is 19.0. The molecule has 4 aromatic rings. The van der Waals surface area contributed by atoms with E-state index in [9.17, 15) is 28.2 Å². The molecule has 2 N–H and O–H groups in total. The Morgan fingerprint density at radius 1 is 0.945 bits per heavy atom. The van der Waals surface area contributed by atoms with Gasteiger partial charge in [-0.1, -0.05) is 54.1 Å². The van der Waals surface area contributed by atoms with Crippen molar-refractivity contribution in [1.82, 2.24) is 19.8 Å². The van der Waals surface area contributed by atoms with Gasteiger partial charge in [-0.05, 0) is 93.7 Å². The summed E-state index contributed by atoms with van der Waals surface area (Å²) < 4.78 is 55.4. The summed E-state index contributed by atoms with van der Waals surface area (Å²) in [4.78, 5) is 25.3. The van der Waals surface area contributed by atoms with Gasteiger partial charge in [-0.2, -0.15) is 13.2 Å². The number of alkyl halides is 3. The predicted octanol–water partition coefficient (Wildman–Crippen LogP) is 8.17. The summed E-state index contributed by atoms with van der Waals surface area (Å²) in [7, 11) is 2.96. The molecule has 0 amide bonds. The van der Waals surface area contributed by atoms with Crippen molar-refractivity contribution in [3.05, 3.63) is 93.1 Å². The highest BCUT2D eigenvalue weighted by atomic mass is 35.5. The van der Waals surface area contributed by atoms with Gasteiger partial charge in [0.1, 0.15) is 5.54 Å². The van der Waals surface area contributed by atoms with Crippen molar-refractivity contribution in [3.63, 3.8) is 0 Å². The van der Waals surface area contributed by atoms with Crippen LogP contribution in [0, 0.1) is 0 Å². The number of aliphatic hydroxyl groups is 1. The number of carboxylic acid groups (broad SMARTS) is 1. The minimum atomic E-state index is -4.68. The molecule has 1 aliphatic carbocycles. The minimum absolute atomic E-state index is 0.0208. The molecule has 0 saturated carbocycles. The second kappa shape index (κ2) is 15.0. The number of fused-ring (bicyclic) bond motifs is 1. The Hall–Kier alpha value is -4.23. The number of nitrogens with zero attached hydrogens (tertiary/aromatic N) is 4. The summed E-state index contributed by atoms with van der Waals surface area (Å²) >= 11 is 7.15. The number of hydrogen-bond donors (Lipinski definition) is 2. The number of benzene rings is 2. The number of likely N-dealkylation sites (tertiary alicyclic amines) is 2. The Bertz CT molecular complexity index is 2100. The lowest BCUT2D eigenvalue weighted by Crippen LogP contribution is -2.59. The third-order valence-electron chi connectivity index (χ3n) is 11.6. The average Bonchev–Trinajstić information content (AvgIpc) is 3.54. The van der Waals surface area contributed by atoms with Crippen molar-refractivity contribution in [2.24, 2.45) is 0 Å². The fourth-order valence-electron chi connectivity index (χ4n) is 8.71. The third kappa shape index (κ3) is 7.66. The predicted molar refractivity (Wildman–Crippen MR) is 203 cm³/mol. The van der Waals surface area contributed by atoms with E-state index in [1.54, 1.807) is 18.9 Å². The van der Waals surface area contributed by atoms with Gasteiger partial charge in [0.15, 0.2) is 0 Å². The molecular formula is C42H46ClF3N4O5. The van der Waals surface area contributed by atoms with Crippen LogP contribution in [0.3, 0.4) is 0 Å². The van der Waals surface area contributed by atoms with Crippen LogP contribution in [0.2, 0.25) is 5.02 Å². The van der Waals surface area contributed by atoms with Gasteiger partial charge in [0.25, 0.3) is 0 Å². The highest BCUT2D eigenvalue weighted by Gasteiger charge is 2.43. The Balaban J connectivity index is 1.17. The molecule has 0 radical (unpaired) electrons. The number of β-amino-alcohol motifs (C(OH)–C–C–N with tert-alkyl or cyclic N) is 1. The number of aliphatic carboxylic acids is 1. The second-order valence-corrected chi connectivity index (χ2v) is 16.0. The molecule has 55 heavy (non-hydrogen) atoms. The molecule has 2 fully saturated rings. The fraction of sp³-hybridized carbons (Fsp3) is 0.452. The molecule has 2 aliphatic heterocycles. The zero-order chi connectivity index (χ0) is 39.3. The molecule has 13 heteroatoms. The minimum Gasteiger partial charge on any atom is -0.481 e. The maximum absolute atomic E-state index is 14.7. The van der Waals surface area contributed by atoms with Crippen LogP contribution in [0.25, 0.3) is 22.4 Å². The Kier molecular flexibility index (Phi) is 10.7. The summed E-state index contributed by atoms with van der Waals surface area (Å²) in [5.74, 6) is -0.674. The Morgan fingerprint density at radius 2 is 1.64 bits per heavy atom. The number of hydrogen-bond acceptors (Lipinski definition) is 8. The quantitative estimate of drug-likeness (QED) is 0.156. The van der Waals surface area contributed by atoms with Crippen LogP contribution in [0.5, 0.6) is 11.8 Å². The molecule has 9 nitrogen and oxygen atoms in total. The molecule has 7 rings (SSSR count). The Morgan fingerprint density at radius 3 is 2.33 bits per heavy atom. The maximum atomic E-state index is 14.7. The van der Waals surface area contributed by atoms with Gasteiger partial charge in [-0.25, -0.2) is 9.97 Å². The van der Waals surface area contributed by atoms with Crippen LogP contribution in [0.4, 0.5) is 13.2 Å². The largest absolute Gasteiger partial charge is 0.481 e. The molecular weight excluding hydrogens is 733 g/mol. The van der Waals surface area contributed by atoms with Gasteiger partial charge in [-0.3, -0.25) is 14.6 Å². The normalized spacial score (nSPS) is 21.2. The van der Waals surface area contributed by atoms with Crippen molar-refractivity contribution >= 4 is 17.6 Å². The SMILES string of the molecule is COc1nc(-c2cccc(-c3cccc4c3CC[C@@H]4Cc3nc(OC)c(CN4CCCC[C@]4(C)C(=O)O)cc3C(F)(F)F)c2Cl)ccc1CN1CC(C)(O)C1. The number of pyridine rings is 2. The van der Waals surface area contributed by atoms with E-state index in [1.807, 2.05) is 55.5 Å². The lowest BCUT2D eigenvalue weighted by atomic mass is 9.88. The standard InChI is InChI=1S/C42H46ClF3N4O5/c1-40(53)23-49(24-40)21-26-14-16-34(47-37(26)54-3)32-12-8-11-31(36(32)43)29-10-7-9-28-25(13-15-30(28)29)20-35-33(42(44,45)46)19-27(38(48-35)55-4)22-50-18-6-5-17-41(50,2)39(51)52/h7-12,14,16,19,25,53H,5-6,13,15,17-18,20-24H2,1-4H3,(H,51,52)/t25-,41-/m1/s1. The Labute approximate surface area is 324 Å². The molecule has 2 aromatic carbocycles. The highest BCUT2D eigenvalue weighted by molar-refractivity contribution is 6.36. The van der Waals surface area contributed by atoms with Crippen LogP contribution in [-0.2, 0) is 36.9 Å². The number of carbonyl (C=O) groups is 1. The van der Waals surface area contributed by atoms with Crippen LogP contribution in [0.15, 0.2) is 54.6 Å².